The van der Waals surface area contributed by atoms with E-state index in [9.17, 15) is 14.7 Å². The molecule has 1 N–H and O–H groups in total. The summed E-state index contributed by atoms with van der Waals surface area (Å²) in [5.74, 6) is 0.0367. The van der Waals surface area contributed by atoms with E-state index in [-0.39, 0.29) is 30.6 Å². The van der Waals surface area contributed by atoms with Gasteiger partial charge in [0.25, 0.3) is 0 Å². The summed E-state index contributed by atoms with van der Waals surface area (Å²) in [5, 5.41) is 9.40. The van der Waals surface area contributed by atoms with Crippen molar-refractivity contribution in [1.82, 2.24) is 4.90 Å². The number of aliphatic hydroxyl groups excluding tert-OH is 1. The Morgan fingerprint density at radius 1 is 1.03 bits per heavy atom. The molecule has 1 spiro atoms. The molecule has 6 heteroatoms. The zero-order valence-corrected chi connectivity index (χ0v) is 22.8. The Kier molecular flexibility index (Phi) is 6.56. The first-order chi connectivity index (χ1) is 18.1. The molecule has 0 saturated carbocycles. The number of likely N-dealkylation sites (tertiary alicyclic amines) is 1. The van der Waals surface area contributed by atoms with Crippen molar-refractivity contribution in [3.05, 3.63) is 83.9 Å². The van der Waals surface area contributed by atoms with Crippen molar-refractivity contribution in [2.24, 2.45) is 5.92 Å². The number of para-hydroxylation sites is 1. The topological polar surface area (TPSA) is 70.1 Å². The molecule has 0 bridgehead atoms. The summed E-state index contributed by atoms with van der Waals surface area (Å²) >= 11 is 0. The van der Waals surface area contributed by atoms with Gasteiger partial charge in [-0.3, -0.25) is 9.69 Å². The van der Waals surface area contributed by atoms with E-state index in [1.54, 1.807) is 4.90 Å². The van der Waals surface area contributed by atoms with Crippen molar-refractivity contribution >= 4 is 23.4 Å². The monoisotopic (exact) mass is 512 g/mol. The number of amides is 2. The summed E-state index contributed by atoms with van der Waals surface area (Å²) < 4.78 is 5.77. The van der Waals surface area contributed by atoms with Gasteiger partial charge in [-0.2, -0.15) is 0 Å². The Morgan fingerprint density at radius 2 is 1.74 bits per heavy atom. The molecular weight excluding hydrogens is 476 g/mol. The lowest BCUT2D eigenvalue weighted by molar-refractivity contribution is -0.123. The molecule has 3 aromatic carbocycles. The average Bonchev–Trinajstić information content (AvgIpc) is 3.41. The second-order valence-corrected chi connectivity index (χ2v) is 11.6. The van der Waals surface area contributed by atoms with Crippen LogP contribution in [0, 0.1) is 5.92 Å². The first-order valence-electron chi connectivity index (χ1n) is 13.3. The number of ether oxygens (including phenoxy) is 1. The molecule has 2 heterocycles. The Bertz CT molecular complexity index is 1360. The van der Waals surface area contributed by atoms with E-state index in [0.717, 1.165) is 33.6 Å². The molecule has 5 rings (SSSR count). The van der Waals surface area contributed by atoms with E-state index in [4.69, 9.17) is 4.74 Å². The minimum atomic E-state index is -0.847. The van der Waals surface area contributed by atoms with Gasteiger partial charge >= 0.3 is 6.09 Å². The molecular formula is C32H36N2O4. The summed E-state index contributed by atoms with van der Waals surface area (Å²) in [6, 6.07) is 23.4. The molecule has 0 radical (unpaired) electrons. The van der Waals surface area contributed by atoms with Crippen LogP contribution in [0.25, 0.3) is 11.1 Å². The molecule has 2 amide bonds. The van der Waals surface area contributed by atoms with Gasteiger partial charge in [0, 0.05) is 12.2 Å². The van der Waals surface area contributed by atoms with Crippen LogP contribution >= 0.6 is 0 Å². The van der Waals surface area contributed by atoms with Crippen LogP contribution in [0.2, 0.25) is 0 Å². The third kappa shape index (κ3) is 4.27. The largest absolute Gasteiger partial charge is 0.444 e. The van der Waals surface area contributed by atoms with E-state index in [1.165, 1.54) is 0 Å². The SMILES string of the molecule is CC(C)C1N(C(=O)OC(C)(C)C)CC[C@@]12C(=O)N(c1cccc(-c3ccc(CO)cc3)c1)c1ccccc12. The third-order valence-electron chi connectivity index (χ3n) is 7.63. The summed E-state index contributed by atoms with van der Waals surface area (Å²) in [6.45, 7) is 10.2. The fourth-order valence-corrected chi connectivity index (χ4v) is 6.19. The maximum atomic E-state index is 14.6. The number of fused-ring (bicyclic) bond motifs is 2. The molecule has 0 aliphatic carbocycles. The maximum absolute atomic E-state index is 14.6. The summed E-state index contributed by atoms with van der Waals surface area (Å²) in [4.78, 5) is 31.5. The lowest BCUT2D eigenvalue weighted by Gasteiger charge is -2.37. The maximum Gasteiger partial charge on any atom is 0.410 e. The predicted molar refractivity (Wildman–Crippen MR) is 149 cm³/mol. The molecule has 2 aliphatic rings. The van der Waals surface area contributed by atoms with Crippen LogP contribution in [0.1, 0.15) is 52.2 Å². The predicted octanol–water partition coefficient (Wildman–Crippen LogP) is 6.43. The summed E-state index contributed by atoms with van der Waals surface area (Å²) in [6.07, 6.45) is 0.175. The molecule has 6 nitrogen and oxygen atoms in total. The molecule has 2 aliphatic heterocycles. The fraction of sp³-hybridized carbons (Fsp3) is 0.375. The van der Waals surface area contributed by atoms with Crippen molar-refractivity contribution < 1.29 is 19.4 Å². The molecule has 198 valence electrons. The molecule has 1 fully saturated rings. The molecule has 1 saturated heterocycles. The van der Waals surface area contributed by atoms with E-state index in [2.05, 4.69) is 13.8 Å². The number of nitrogens with zero attached hydrogens (tertiary/aromatic N) is 2. The Balaban J connectivity index is 1.58. The summed E-state index contributed by atoms with van der Waals surface area (Å²) in [7, 11) is 0. The number of hydrogen-bond acceptors (Lipinski definition) is 4. The number of anilines is 2. The number of carbonyl (C=O) groups is 2. The van der Waals surface area contributed by atoms with Crippen LogP contribution in [0.3, 0.4) is 0 Å². The van der Waals surface area contributed by atoms with Gasteiger partial charge in [-0.25, -0.2) is 4.79 Å². The van der Waals surface area contributed by atoms with Crippen molar-refractivity contribution in [3.8, 4) is 11.1 Å². The Morgan fingerprint density at radius 3 is 2.39 bits per heavy atom. The quantitative estimate of drug-likeness (QED) is 0.438. The van der Waals surface area contributed by atoms with Gasteiger partial charge in [0.1, 0.15) is 5.60 Å². The first-order valence-corrected chi connectivity index (χ1v) is 13.3. The van der Waals surface area contributed by atoms with Gasteiger partial charge in [0.2, 0.25) is 5.91 Å². The fourth-order valence-electron chi connectivity index (χ4n) is 6.19. The van der Waals surface area contributed by atoms with E-state index in [0.29, 0.717) is 13.0 Å². The molecule has 1 unspecified atom stereocenters. The highest BCUT2D eigenvalue weighted by Gasteiger charge is 2.62. The van der Waals surface area contributed by atoms with Crippen molar-refractivity contribution in [3.63, 3.8) is 0 Å². The van der Waals surface area contributed by atoms with Crippen LogP contribution in [0.5, 0.6) is 0 Å². The van der Waals surface area contributed by atoms with Crippen LogP contribution in [-0.4, -0.2) is 40.2 Å². The van der Waals surface area contributed by atoms with Gasteiger partial charge in [-0.1, -0.05) is 68.4 Å². The molecule has 38 heavy (non-hydrogen) atoms. The minimum Gasteiger partial charge on any atom is -0.444 e. The van der Waals surface area contributed by atoms with Gasteiger partial charge in [-0.05, 0) is 73.6 Å². The van der Waals surface area contributed by atoms with Crippen molar-refractivity contribution in [2.75, 3.05) is 11.4 Å². The normalized spacial score (nSPS) is 20.9. The highest BCUT2D eigenvalue weighted by Crippen LogP contribution is 2.54. The third-order valence-corrected chi connectivity index (χ3v) is 7.63. The lowest BCUT2D eigenvalue weighted by Crippen LogP contribution is -2.53. The minimum absolute atomic E-state index is 0.00119. The zero-order chi connectivity index (χ0) is 27.2. The zero-order valence-electron chi connectivity index (χ0n) is 22.8. The van der Waals surface area contributed by atoms with Crippen LogP contribution in [-0.2, 0) is 21.6 Å². The van der Waals surface area contributed by atoms with Gasteiger partial charge in [0.15, 0.2) is 0 Å². The lowest BCUT2D eigenvalue weighted by atomic mass is 9.71. The Labute approximate surface area is 224 Å². The molecule has 0 aromatic heterocycles. The Hall–Kier alpha value is -3.64. The number of benzene rings is 3. The van der Waals surface area contributed by atoms with Crippen LogP contribution in [0.4, 0.5) is 16.2 Å². The summed E-state index contributed by atoms with van der Waals surface area (Å²) in [5.41, 5.74) is 4.01. The van der Waals surface area contributed by atoms with E-state index < -0.39 is 11.0 Å². The second-order valence-electron chi connectivity index (χ2n) is 11.6. The standard InChI is InChI=1S/C32H36N2O4/c1-21(2)28-32(17-18-33(28)30(37)38-31(3,4)5)26-11-6-7-12-27(26)34(29(32)36)25-10-8-9-24(19-25)23-15-13-22(20-35)14-16-23/h6-16,19,21,28,35H,17-18,20H2,1-5H3/t28?,32-/m0/s1. The molecule has 3 aromatic rings. The second kappa shape index (κ2) is 9.59. The highest BCUT2D eigenvalue weighted by atomic mass is 16.6. The number of carbonyl (C=O) groups excluding carboxylic acids is 2. The van der Waals surface area contributed by atoms with Crippen molar-refractivity contribution in [1.29, 1.82) is 0 Å². The average molecular weight is 513 g/mol. The van der Waals surface area contributed by atoms with E-state index >= 15 is 0 Å². The number of hydrogen-bond donors (Lipinski definition) is 1. The van der Waals surface area contributed by atoms with Gasteiger partial charge < -0.3 is 14.7 Å². The van der Waals surface area contributed by atoms with Crippen LogP contribution < -0.4 is 4.90 Å². The number of rotatable bonds is 4. The van der Waals surface area contributed by atoms with Gasteiger partial charge in [0.05, 0.1) is 23.8 Å². The van der Waals surface area contributed by atoms with E-state index in [1.807, 2.05) is 98.5 Å². The smallest absolute Gasteiger partial charge is 0.410 e. The first kappa shape index (κ1) is 26.0. The van der Waals surface area contributed by atoms with Crippen molar-refractivity contribution in [2.45, 2.75) is 64.7 Å². The number of aliphatic hydroxyl groups is 1. The highest BCUT2D eigenvalue weighted by molar-refractivity contribution is 6.14. The van der Waals surface area contributed by atoms with Gasteiger partial charge in [-0.15, -0.1) is 0 Å². The molecule has 2 atom stereocenters. The van der Waals surface area contributed by atoms with Crippen LogP contribution in [0.15, 0.2) is 72.8 Å².